The summed E-state index contributed by atoms with van der Waals surface area (Å²) in [5.74, 6) is 0.493. The summed E-state index contributed by atoms with van der Waals surface area (Å²) < 4.78 is 39.4. The van der Waals surface area contributed by atoms with Crippen LogP contribution in [0.2, 0.25) is 0 Å². The summed E-state index contributed by atoms with van der Waals surface area (Å²) in [5.41, 5.74) is -1.20. The monoisotopic (exact) mass is 361 g/mol. The molecule has 0 aliphatic carbocycles. The van der Waals surface area contributed by atoms with Crippen LogP contribution < -0.4 is 10.9 Å². The van der Waals surface area contributed by atoms with Gasteiger partial charge in [0.15, 0.2) is 5.82 Å². The predicted octanol–water partition coefficient (Wildman–Crippen LogP) is 4.61. The normalized spacial score (nSPS) is 12.4. The van der Waals surface area contributed by atoms with Gasteiger partial charge in [-0.2, -0.15) is 17.9 Å². The van der Waals surface area contributed by atoms with Crippen molar-refractivity contribution in [2.45, 2.75) is 32.5 Å². The lowest BCUT2D eigenvalue weighted by atomic mass is 10.1. The molecule has 0 saturated carbocycles. The van der Waals surface area contributed by atoms with E-state index in [2.05, 4.69) is 10.4 Å². The van der Waals surface area contributed by atoms with E-state index < -0.39 is 11.7 Å². The highest BCUT2D eigenvalue weighted by atomic mass is 19.4. The van der Waals surface area contributed by atoms with E-state index in [4.69, 9.17) is 0 Å². The summed E-state index contributed by atoms with van der Waals surface area (Å²) in [7, 11) is 0. The van der Waals surface area contributed by atoms with E-state index in [-0.39, 0.29) is 16.8 Å². The summed E-state index contributed by atoms with van der Waals surface area (Å²) in [6, 6.07) is 11.4. The lowest BCUT2D eigenvalue weighted by molar-refractivity contribution is -0.137. The summed E-state index contributed by atoms with van der Waals surface area (Å²) in [5, 5.41) is 8.71. The van der Waals surface area contributed by atoms with Crippen LogP contribution in [0, 0.1) is 0 Å². The number of hydrogen-bond donors (Lipinski definition) is 1. The lowest BCUT2D eigenvalue weighted by Crippen LogP contribution is -2.30. The van der Waals surface area contributed by atoms with Crippen molar-refractivity contribution >= 4 is 16.6 Å². The number of anilines is 1. The molecule has 0 fully saturated rings. The first-order valence-electron chi connectivity index (χ1n) is 8.04. The first-order valence-corrected chi connectivity index (χ1v) is 8.04. The smallest absolute Gasteiger partial charge is 0.364 e. The van der Waals surface area contributed by atoms with Crippen LogP contribution >= 0.6 is 0 Å². The van der Waals surface area contributed by atoms with Gasteiger partial charge in [-0.05, 0) is 51.1 Å². The molecule has 0 saturated heterocycles. The Hall–Kier alpha value is -2.83. The maximum atomic E-state index is 12.8. The second-order valence-electron chi connectivity index (χ2n) is 7.03. The van der Waals surface area contributed by atoms with Crippen LogP contribution in [0.4, 0.5) is 19.0 Å². The third-order valence-corrected chi connectivity index (χ3v) is 3.74. The molecule has 0 unspecified atom stereocenters. The van der Waals surface area contributed by atoms with E-state index in [9.17, 15) is 18.0 Å². The van der Waals surface area contributed by atoms with Crippen LogP contribution in [0.1, 0.15) is 26.3 Å². The number of alkyl halides is 3. The molecule has 0 aliphatic heterocycles. The SMILES string of the molecule is CC(C)(C)Nc1nn(-c2ccc(C(F)(F)F)cc2)c(=O)c2ccccc12. The Balaban J connectivity index is 2.20. The van der Waals surface area contributed by atoms with Gasteiger partial charge < -0.3 is 5.32 Å². The van der Waals surface area contributed by atoms with E-state index in [1.54, 1.807) is 24.3 Å². The van der Waals surface area contributed by atoms with Gasteiger partial charge in [0.2, 0.25) is 0 Å². The third-order valence-electron chi connectivity index (χ3n) is 3.74. The Kier molecular flexibility index (Phi) is 4.26. The van der Waals surface area contributed by atoms with E-state index in [1.807, 2.05) is 20.8 Å². The molecule has 3 aromatic rings. The molecule has 2 aromatic carbocycles. The number of hydrogen-bond acceptors (Lipinski definition) is 3. The molecular formula is C19H18F3N3O. The van der Waals surface area contributed by atoms with Crippen LogP contribution in [0.5, 0.6) is 0 Å². The highest BCUT2D eigenvalue weighted by Gasteiger charge is 2.30. The highest BCUT2D eigenvalue weighted by Crippen LogP contribution is 2.29. The maximum absolute atomic E-state index is 12.8. The quantitative estimate of drug-likeness (QED) is 0.725. The van der Waals surface area contributed by atoms with E-state index in [0.29, 0.717) is 16.6 Å². The molecular weight excluding hydrogens is 343 g/mol. The third kappa shape index (κ3) is 3.56. The number of nitrogens with zero attached hydrogens (tertiary/aromatic N) is 2. The highest BCUT2D eigenvalue weighted by molar-refractivity contribution is 5.91. The van der Waals surface area contributed by atoms with Crippen LogP contribution in [0.3, 0.4) is 0 Å². The van der Waals surface area contributed by atoms with E-state index in [0.717, 1.165) is 16.8 Å². The fourth-order valence-corrected chi connectivity index (χ4v) is 2.60. The Morgan fingerprint density at radius 3 is 2.04 bits per heavy atom. The molecule has 0 radical (unpaired) electrons. The molecule has 136 valence electrons. The molecule has 0 spiro atoms. The predicted molar refractivity (Wildman–Crippen MR) is 95.7 cm³/mol. The van der Waals surface area contributed by atoms with Gasteiger partial charge in [-0.3, -0.25) is 4.79 Å². The minimum absolute atomic E-state index is 0.269. The first kappa shape index (κ1) is 18.0. The average Bonchev–Trinajstić information content (AvgIpc) is 2.56. The van der Waals surface area contributed by atoms with Crippen LogP contribution in [-0.2, 0) is 6.18 Å². The van der Waals surface area contributed by atoms with Gasteiger partial charge in [0, 0.05) is 10.9 Å². The van der Waals surface area contributed by atoms with Gasteiger partial charge in [-0.15, -0.1) is 5.10 Å². The molecule has 7 heteroatoms. The van der Waals surface area contributed by atoms with Crippen molar-refractivity contribution in [2.75, 3.05) is 5.32 Å². The number of rotatable bonds is 2. The summed E-state index contributed by atoms with van der Waals surface area (Å²) >= 11 is 0. The molecule has 1 heterocycles. The number of aromatic nitrogens is 2. The van der Waals surface area contributed by atoms with Crippen molar-refractivity contribution in [2.24, 2.45) is 0 Å². The molecule has 3 rings (SSSR count). The second-order valence-corrected chi connectivity index (χ2v) is 7.03. The van der Waals surface area contributed by atoms with Crippen molar-refractivity contribution in [3.05, 3.63) is 64.4 Å². The van der Waals surface area contributed by atoms with Gasteiger partial charge in [-0.25, -0.2) is 0 Å². The number of halogens is 3. The second kappa shape index (κ2) is 6.16. The molecule has 1 N–H and O–H groups in total. The molecule has 0 amide bonds. The lowest BCUT2D eigenvalue weighted by Gasteiger charge is -2.23. The van der Waals surface area contributed by atoms with Gasteiger partial charge >= 0.3 is 6.18 Å². The Bertz CT molecular complexity index is 1000. The summed E-state index contributed by atoms with van der Waals surface area (Å²) in [6.07, 6.45) is -4.43. The van der Waals surface area contributed by atoms with Crippen LogP contribution in [0.15, 0.2) is 53.3 Å². The van der Waals surface area contributed by atoms with E-state index in [1.165, 1.54) is 12.1 Å². The molecule has 4 nitrogen and oxygen atoms in total. The molecule has 1 aromatic heterocycles. The maximum Gasteiger partial charge on any atom is 0.416 e. The summed E-state index contributed by atoms with van der Waals surface area (Å²) in [6.45, 7) is 5.87. The number of fused-ring (bicyclic) bond motifs is 1. The molecule has 0 aliphatic rings. The average molecular weight is 361 g/mol. The largest absolute Gasteiger partial charge is 0.416 e. The Labute approximate surface area is 148 Å². The molecule has 0 bridgehead atoms. The van der Waals surface area contributed by atoms with Gasteiger partial charge in [0.05, 0.1) is 16.6 Å². The molecule has 0 atom stereocenters. The van der Waals surface area contributed by atoms with Crippen molar-refractivity contribution in [3.63, 3.8) is 0 Å². The zero-order valence-corrected chi connectivity index (χ0v) is 14.6. The fraction of sp³-hybridized carbons (Fsp3) is 0.263. The first-order chi connectivity index (χ1) is 12.1. The minimum Gasteiger partial charge on any atom is -0.364 e. The number of nitrogens with one attached hydrogen (secondary N) is 1. The van der Waals surface area contributed by atoms with Crippen molar-refractivity contribution in [1.82, 2.24) is 9.78 Å². The van der Waals surface area contributed by atoms with Crippen LogP contribution in [0.25, 0.3) is 16.5 Å². The van der Waals surface area contributed by atoms with Gasteiger partial charge in [0.1, 0.15) is 0 Å². The fourth-order valence-electron chi connectivity index (χ4n) is 2.60. The minimum atomic E-state index is -4.43. The molecule has 26 heavy (non-hydrogen) atoms. The zero-order valence-electron chi connectivity index (χ0n) is 14.6. The van der Waals surface area contributed by atoms with Crippen LogP contribution in [-0.4, -0.2) is 15.3 Å². The van der Waals surface area contributed by atoms with Crippen molar-refractivity contribution < 1.29 is 13.2 Å². The van der Waals surface area contributed by atoms with Crippen molar-refractivity contribution in [3.8, 4) is 5.69 Å². The standard InChI is InChI=1S/C19H18F3N3O/c1-18(2,3)23-16-14-6-4-5-7-15(14)17(26)25(24-16)13-10-8-12(9-11-13)19(20,21)22/h4-11H,1-3H3,(H,23,24). The van der Waals surface area contributed by atoms with Crippen molar-refractivity contribution in [1.29, 1.82) is 0 Å². The van der Waals surface area contributed by atoms with Gasteiger partial charge in [0.25, 0.3) is 5.56 Å². The Morgan fingerprint density at radius 1 is 0.923 bits per heavy atom. The number of benzene rings is 2. The zero-order chi connectivity index (χ0) is 19.1. The Morgan fingerprint density at radius 2 is 1.50 bits per heavy atom. The summed E-state index contributed by atoms with van der Waals surface area (Å²) in [4.78, 5) is 12.8. The van der Waals surface area contributed by atoms with E-state index >= 15 is 0 Å². The van der Waals surface area contributed by atoms with Gasteiger partial charge in [-0.1, -0.05) is 18.2 Å². The topological polar surface area (TPSA) is 46.9 Å².